The second-order valence-corrected chi connectivity index (χ2v) is 5.78. The van der Waals surface area contributed by atoms with Gasteiger partial charge in [0.2, 0.25) is 0 Å². The number of pyridine rings is 1. The predicted octanol–water partition coefficient (Wildman–Crippen LogP) is 5.33. The monoisotopic (exact) mass is 356 g/mol. The molecule has 0 unspecified atom stereocenters. The molecular formula is C20H15F3N2O. The number of halogens is 3. The number of aromatic nitrogens is 1. The minimum Gasteiger partial charge on any atom is -0.321 e. The van der Waals surface area contributed by atoms with E-state index in [2.05, 4.69) is 10.3 Å². The van der Waals surface area contributed by atoms with Gasteiger partial charge in [-0.1, -0.05) is 35.9 Å². The molecule has 26 heavy (non-hydrogen) atoms. The molecule has 0 aliphatic carbocycles. The molecule has 0 aliphatic heterocycles. The van der Waals surface area contributed by atoms with Crippen LogP contribution in [0.25, 0.3) is 11.3 Å². The summed E-state index contributed by atoms with van der Waals surface area (Å²) in [6, 6.07) is 17.4. The number of carbonyl (C=O) groups is 1. The van der Waals surface area contributed by atoms with E-state index in [1.165, 1.54) is 12.1 Å². The number of amides is 1. The smallest absolute Gasteiger partial charge is 0.321 e. The highest BCUT2D eigenvalue weighted by Crippen LogP contribution is 2.32. The van der Waals surface area contributed by atoms with Crippen molar-refractivity contribution in [3.8, 4) is 11.3 Å². The topological polar surface area (TPSA) is 42.0 Å². The van der Waals surface area contributed by atoms with Gasteiger partial charge in [0.05, 0.1) is 11.4 Å². The van der Waals surface area contributed by atoms with E-state index < -0.39 is 11.9 Å². The molecule has 1 N–H and O–H groups in total. The van der Waals surface area contributed by atoms with Gasteiger partial charge in [-0.2, -0.15) is 13.2 Å². The molecule has 3 nitrogen and oxygen atoms in total. The van der Waals surface area contributed by atoms with Crippen LogP contribution in [0.2, 0.25) is 0 Å². The second kappa shape index (κ2) is 7.00. The lowest BCUT2D eigenvalue weighted by molar-refractivity contribution is -0.141. The number of nitrogens with one attached hydrogen (secondary N) is 1. The summed E-state index contributed by atoms with van der Waals surface area (Å²) in [5.74, 6) is -0.345. The van der Waals surface area contributed by atoms with Gasteiger partial charge in [-0.3, -0.25) is 4.79 Å². The Hall–Kier alpha value is -3.15. The molecule has 3 rings (SSSR count). The molecule has 0 saturated carbocycles. The molecular weight excluding hydrogens is 341 g/mol. The van der Waals surface area contributed by atoms with E-state index in [4.69, 9.17) is 0 Å². The minimum absolute atomic E-state index is 0.145. The van der Waals surface area contributed by atoms with Crippen LogP contribution in [0.5, 0.6) is 0 Å². The normalized spacial score (nSPS) is 11.2. The van der Waals surface area contributed by atoms with Gasteiger partial charge in [0, 0.05) is 11.1 Å². The van der Waals surface area contributed by atoms with Gasteiger partial charge in [-0.25, -0.2) is 4.98 Å². The summed E-state index contributed by atoms with van der Waals surface area (Å²) in [7, 11) is 0. The maximum atomic E-state index is 13.0. The molecule has 0 bridgehead atoms. The average Bonchev–Trinajstić information content (AvgIpc) is 2.63. The predicted molar refractivity (Wildman–Crippen MR) is 93.8 cm³/mol. The third-order valence-corrected chi connectivity index (χ3v) is 3.77. The van der Waals surface area contributed by atoms with Crippen molar-refractivity contribution in [2.45, 2.75) is 13.1 Å². The standard InChI is InChI=1S/C20H15F3N2O/c1-13-10-11-17(25-19(26)14-6-3-2-4-7-14)15(12-13)16-8-5-9-18(24-16)20(21,22)23/h2-12H,1H3,(H,25,26). The van der Waals surface area contributed by atoms with Crippen molar-refractivity contribution in [2.24, 2.45) is 0 Å². The maximum Gasteiger partial charge on any atom is 0.433 e. The number of aryl methyl sites for hydroxylation is 1. The number of anilines is 1. The number of carbonyl (C=O) groups excluding carboxylic acids is 1. The Morgan fingerprint density at radius 1 is 0.962 bits per heavy atom. The first kappa shape index (κ1) is 17.7. The third kappa shape index (κ3) is 3.91. The molecule has 0 atom stereocenters. The summed E-state index contributed by atoms with van der Waals surface area (Å²) in [5.41, 5.74) is 1.30. The summed E-state index contributed by atoms with van der Waals surface area (Å²) in [6.45, 7) is 1.82. The highest BCUT2D eigenvalue weighted by atomic mass is 19.4. The Morgan fingerprint density at radius 3 is 2.38 bits per heavy atom. The van der Waals surface area contributed by atoms with Crippen LogP contribution in [-0.4, -0.2) is 10.9 Å². The quantitative estimate of drug-likeness (QED) is 0.689. The van der Waals surface area contributed by atoms with Gasteiger partial charge in [0.1, 0.15) is 5.69 Å². The van der Waals surface area contributed by atoms with Gasteiger partial charge in [-0.15, -0.1) is 0 Å². The first-order valence-electron chi connectivity index (χ1n) is 7.86. The first-order chi connectivity index (χ1) is 12.3. The number of benzene rings is 2. The first-order valence-corrected chi connectivity index (χ1v) is 7.86. The fourth-order valence-electron chi connectivity index (χ4n) is 2.51. The summed E-state index contributed by atoms with van der Waals surface area (Å²) in [6.07, 6.45) is -4.53. The summed E-state index contributed by atoms with van der Waals surface area (Å²) >= 11 is 0. The SMILES string of the molecule is Cc1ccc(NC(=O)c2ccccc2)c(-c2cccc(C(F)(F)F)n2)c1. The minimum atomic E-state index is -4.53. The Labute approximate surface area is 148 Å². The Balaban J connectivity index is 2.01. The zero-order valence-electron chi connectivity index (χ0n) is 13.8. The lowest BCUT2D eigenvalue weighted by Gasteiger charge is -2.13. The van der Waals surface area contributed by atoms with Crippen molar-refractivity contribution in [1.29, 1.82) is 0 Å². The molecule has 6 heteroatoms. The molecule has 3 aromatic rings. The molecule has 0 fully saturated rings. The summed E-state index contributed by atoms with van der Waals surface area (Å²) in [5, 5.41) is 2.75. The highest BCUT2D eigenvalue weighted by Gasteiger charge is 2.32. The molecule has 2 aromatic carbocycles. The molecule has 132 valence electrons. The van der Waals surface area contributed by atoms with Crippen molar-refractivity contribution in [3.05, 3.63) is 83.6 Å². The van der Waals surface area contributed by atoms with E-state index in [-0.39, 0.29) is 11.6 Å². The molecule has 1 amide bonds. The van der Waals surface area contributed by atoms with Gasteiger partial charge in [-0.05, 0) is 43.3 Å². The summed E-state index contributed by atoms with van der Waals surface area (Å²) < 4.78 is 38.9. The zero-order valence-corrected chi connectivity index (χ0v) is 13.8. The second-order valence-electron chi connectivity index (χ2n) is 5.78. The van der Waals surface area contributed by atoms with Crippen LogP contribution in [0.4, 0.5) is 18.9 Å². The van der Waals surface area contributed by atoms with Gasteiger partial charge < -0.3 is 5.32 Å². The molecule has 0 spiro atoms. The van der Waals surface area contributed by atoms with Crippen LogP contribution in [0.15, 0.2) is 66.7 Å². The van der Waals surface area contributed by atoms with Crippen LogP contribution in [0.3, 0.4) is 0 Å². The molecule has 0 saturated heterocycles. The number of hydrogen-bond acceptors (Lipinski definition) is 2. The van der Waals surface area contributed by atoms with Crippen molar-refractivity contribution in [2.75, 3.05) is 5.32 Å². The van der Waals surface area contributed by atoms with Crippen molar-refractivity contribution in [3.63, 3.8) is 0 Å². The maximum absolute atomic E-state index is 13.0. The number of nitrogens with zero attached hydrogens (tertiary/aromatic N) is 1. The van der Waals surface area contributed by atoms with Crippen molar-refractivity contribution in [1.82, 2.24) is 4.98 Å². The van der Waals surface area contributed by atoms with Crippen LogP contribution >= 0.6 is 0 Å². The van der Waals surface area contributed by atoms with Gasteiger partial charge in [0.25, 0.3) is 5.91 Å². The average molecular weight is 356 g/mol. The van der Waals surface area contributed by atoms with Crippen molar-refractivity contribution >= 4 is 11.6 Å². The molecule has 1 aromatic heterocycles. The fourth-order valence-corrected chi connectivity index (χ4v) is 2.51. The van der Waals surface area contributed by atoms with Crippen LogP contribution in [-0.2, 0) is 6.18 Å². The Bertz CT molecular complexity index is 937. The van der Waals surface area contributed by atoms with E-state index in [9.17, 15) is 18.0 Å². The van der Waals surface area contributed by atoms with Gasteiger partial charge in [0.15, 0.2) is 0 Å². The van der Waals surface area contributed by atoms with Crippen LogP contribution in [0, 0.1) is 6.92 Å². The van der Waals surface area contributed by atoms with E-state index in [1.54, 1.807) is 48.5 Å². The van der Waals surface area contributed by atoms with Crippen LogP contribution in [0.1, 0.15) is 21.6 Å². The van der Waals surface area contributed by atoms with E-state index >= 15 is 0 Å². The number of alkyl halides is 3. The summed E-state index contributed by atoms with van der Waals surface area (Å²) in [4.78, 5) is 16.1. The lowest BCUT2D eigenvalue weighted by atomic mass is 10.0. The number of hydrogen-bond donors (Lipinski definition) is 1. The lowest BCUT2D eigenvalue weighted by Crippen LogP contribution is -2.13. The van der Waals surface area contributed by atoms with Crippen molar-refractivity contribution < 1.29 is 18.0 Å². The molecule has 1 heterocycles. The third-order valence-electron chi connectivity index (χ3n) is 3.77. The van der Waals surface area contributed by atoms with Crippen LogP contribution < -0.4 is 5.32 Å². The van der Waals surface area contributed by atoms with E-state index in [0.29, 0.717) is 16.8 Å². The zero-order chi connectivity index (χ0) is 18.7. The van der Waals surface area contributed by atoms with E-state index in [0.717, 1.165) is 11.6 Å². The fraction of sp³-hybridized carbons (Fsp3) is 0.100. The Morgan fingerprint density at radius 2 is 1.69 bits per heavy atom. The molecule has 0 aliphatic rings. The highest BCUT2D eigenvalue weighted by molar-refractivity contribution is 6.06. The molecule has 0 radical (unpaired) electrons. The van der Waals surface area contributed by atoms with Gasteiger partial charge >= 0.3 is 6.18 Å². The number of rotatable bonds is 3. The Kier molecular flexibility index (Phi) is 4.75. The van der Waals surface area contributed by atoms with E-state index in [1.807, 2.05) is 6.92 Å². The largest absolute Gasteiger partial charge is 0.433 e.